The number of benzene rings is 2. The lowest BCUT2D eigenvalue weighted by molar-refractivity contribution is 0.102. The van der Waals surface area contributed by atoms with Crippen LogP contribution in [0, 0.1) is 0 Å². The zero-order valence-electron chi connectivity index (χ0n) is 19.0. The summed E-state index contributed by atoms with van der Waals surface area (Å²) in [6, 6.07) is 12.4. The second kappa shape index (κ2) is 10.1. The zero-order chi connectivity index (χ0) is 24.3. The van der Waals surface area contributed by atoms with Crippen LogP contribution in [0.5, 0.6) is 5.75 Å². The van der Waals surface area contributed by atoms with Crippen LogP contribution >= 0.6 is 23.4 Å². The molecule has 1 fully saturated rings. The molecule has 1 aliphatic heterocycles. The van der Waals surface area contributed by atoms with Crippen molar-refractivity contribution in [2.45, 2.75) is 35.2 Å². The molecule has 1 aliphatic rings. The van der Waals surface area contributed by atoms with Gasteiger partial charge in [-0.05, 0) is 44.0 Å². The molecule has 0 saturated carbocycles. The Hall–Kier alpha value is -3.01. The number of hydrogen-bond donors (Lipinski definition) is 3. The standard InChI is InChI=1S/C24H27ClN6O2S/c1-24(27)10-12-31(13-11-24)19-14-28-23(21(26)30-19)34-18-9-5-7-16(20(18)25)29-22(32)15-6-3-4-8-17(15)33-2/h3-9,14H,10-13,27H2,1-2H3,(H2,26,30)(H,29,32). The van der Waals surface area contributed by atoms with Crippen LogP contribution in [0.15, 0.2) is 58.6 Å². The molecule has 2 aromatic carbocycles. The fraction of sp³-hybridized carbons (Fsp3) is 0.292. The van der Waals surface area contributed by atoms with Crippen LogP contribution in [0.4, 0.5) is 17.3 Å². The number of nitrogens with two attached hydrogens (primary N) is 2. The number of methoxy groups -OCH3 is 1. The van der Waals surface area contributed by atoms with Crippen LogP contribution in [0.3, 0.4) is 0 Å². The third-order valence-corrected chi connectivity index (χ3v) is 7.34. The number of carbonyl (C=O) groups excluding carboxylic acids is 1. The molecular formula is C24H27ClN6O2S. The van der Waals surface area contributed by atoms with E-state index in [0.717, 1.165) is 31.7 Å². The molecule has 1 aromatic heterocycles. The maximum absolute atomic E-state index is 12.8. The second-order valence-electron chi connectivity index (χ2n) is 8.43. The first-order chi connectivity index (χ1) is 16.3. The maximum Gasteiger partial charge on any atom is 0.259 e. The molecule has 0 aliphatic carbocycles. The van der Waals surface area contributed by atoms with Gasteiger partial charge < -0.3 is 26.4 Å². The Morgan fingerprint density at radius 1 is 1.21 bits per heavy atom. The topological polar surface area (TPSA) is 119 Å². The van der Waals surface area contributed by atoms with Gasteiger partial charge in [-0.25, -0.2) is 9.97 Å². The number of nitrogens with zero attached hydrogens (tertiary/aromatic N) is 3. The van der Waals surface area contributed by atoms with E-state index in [-0.39, 0.29) is 11.4 Å². The molecule has 34 heavy (non-hydrogen) atoms. The highest BCUT2D eigenvalue weighted by molar-refractivity contribution is 7.99. The summed E-state index contributed by atoms with van der Waals surface area (Å²) in [5, 5.41) is 3.78. The molecule has 4 rings (SSSR count). The molecule has 3 aromatic rings. The normalized spacial score (nSPS) is 15.1. The molecule has 1 amide bonds. The van der Waals surface area contributed by atoms with Gasteiger partial charge in [0, 0.05) is 23.5 Å². The summed E-state index contributed by atoms with van der Waals surface area (Å²) >= 11 is 7.92. The lowest BCUT2D eigenvalue weighted by atomic mass is 9.91. The molecule has 0 radical (unpaired) electrons. The Bertz CT molecular complexity index is 1200. The lowest BCUT2D eigenvalue weighted by Gasteiger charge is -2.37. The molecule has 0 unspecified atom stereocenters. The molecule has 178 valence electrons. The van der Waals surface area contributed by atoms with Crippen molar-refractivity contribution in [1.29, 1.82) is 0 Å². The summed E-state index contributed by atoms with van der Waals surface area (Å²) in [4.78, 5) is 24.7. The summed E-state index contributed by atoms with van der Waals surface area (Å²) in [6.07, 6.45) is 3.49. The maximum atomic E-state index is 12.8. The number of piperidine rings is 1. The van der Waals surface area contributed by atoms with Gasteiger partial charge in [0.2, 0.25) is 0 Å². The monoisotopic (exact) mass is 498 g/mol. The first-order valence-corrected chi connectivity index (χ1v) is 12.0. The Balaban J connectivity index is 1.49. The number of rotatable bonds is 6. The van der Waals surface area contributed by atoms with Gasteiger partial charge in [-0.2, -0.15) is 0 Å². The third-order valence-electron chi connectivity index (χ3n) is 5.75. The van der Waals surface area contributed by atoms with E-state index < -0.39 is 0 Å². The first-order valence-electron chi connectivity index (χ1n) is 10.8. The number of nitrogens with one attached hydrogen (secondary N) is 1. The van der Waals surface area contributed by atoms with Gasteiger partial charge in [0.05, 0.1) is 29.6 Å². The summed E-state index contributed by atoms with van der Waals surface area (Å²) in [5.41, 5.74) is 13.2. The van der Waals surface area contributed by atoms with Crippen molar-refractivity contribution in [2.75, 3.05) is 36.1 Å². The van der Waals surface area contributed by atoms with Crippen LogP contribution in [0.25, 0.3) is 0 Å². The third kappa shape index (κ3) is 5.38. The summed E-state index contributed by atoms with van der Waals surface area (Å²) in [5.74, 6) is 1.22. The number of carbonyl (C=O) groups is 1. The average Bonchev–Trinajstić information content (AvgIpc) is 2.82. The van der Waals surface area contributed by atoms with Gasteiger partial charge in [0.25, 0.3) is 5.91 Å². The van der Waals surface area contributed by atoms with E-state index in [4.69, 9.17) is 27.8 Å². The average molecular weight is 499 g/mol. The second-order valence-corrected chi connectivity index (χ2v) is 9.84. The number of anilines is 3. The van der Waals surface area contributed by atoms with Gasteiger partial charge in [0.15, 0.2) is 5.82 Å². The van der Waals surface area contributed by atoms with E-state index in [2.05, 4.69) is 27.1 Å². The summed E-state index contributed by atoms with van der Waals surface area (Å²) < 4.78 is 5.28. The van der Waals surface area contributed by atoms with Crippen molar-refractivity contribution >= 4 is 46.6 Å². The smallest absolute Gasteiger partial charge is 0.259 e. The molecule has 1 saturated heterocycles. The van der Waals surface area contributed by atoms with E-state index in [0.29, 0.717) is 37.8 Å². The van der Waals surface area contributed by atoms with E-state index >= 15 is 0 Å². The molecule has 5 N–H and O–H groups in total. The van der Waals surface area contributed by atoms with Gasteiger partial charge in [-0.1, -0.05) is 41.6 Å². The van der Waals surface area contributed by atoms with Crippen LogP contribution in [-0.4, -0.2) is 41.6 Å². The van der Waals surface area contributed by atoms with Gasteiger partial charge in [-0.3, -0.25) is 4.79 Å². The number of amides is 1. The quantitative estimate of drug-likeness (QED) is 0.456. The number of nitrogen functional groups attached to an aromatic ring is 1. The number of halogens is 1. The Morgan fingerprint density at radius 2 is 1.94 bits per heavy atom. The highest BCUT2D eigenvalue weighted by Gasteiger charge is 2.27. The summed E-state index contributed by atoms with van der Waals surface area (Å²) in [6.45, 7) is 3.70. The highest BCUT2D eigenvalue weighted by Crippen LogP contribution is 2.39. The molecule has 2 heterocycles. The molecule has 0 bridgehead atoms. The van der Waals surface area contributed by atoms with Gasteiger partial charge in [0.1, 0.15) is 16.6 Å². The minimum absolute atomic E-state index is 0.145. The van der Waals surface area contributed by atoms with Gasteiger partial charge in [-0.15, -0.1) is 0 Å². The fourth-order valence-electron chi connectivity index (χ4n) is 3.67. The highest BCUT2D eigenvalue weighted by atomic mass is 35.5. The Kier molecular flexibility index (Phi) is 7.16. The number of hydrogen-bond acceptors (Lipinski definition) is 8. The van der Waals surface area contributed by atoms with E-state index in [1.807, 2.05) is 12.1 Å². The first kappa shape index (κ1) is 24.1. The Morgan fingerprint density at radius 3 is 2.65 bits per heavy atom. The van der Waals surface area contributed by atoms with Crippen LogP contribution in [-0.2, 0) is 0 Å². The van der Waals surface area contributed by atoms with Crippen molar-refractivity contribution in [1.82, 2.24) is 9.97 Å². The van der Waals surface area contributed by atoms with Crippen molar-refractivity contribution in [3.05, 3.63) is 59.2 Å². The van der Waals surface area contributed by atoms with E-state index in [1.54, 1.807) is 36.5 Å². The minimum Gasteiger partial charge on any atom is -0.496 e. The molecule has 8 nitrogen and oxygen atoms in total. The number of para-hydroxylation sites is 1. The summed E-state index contributed by atoms with van der Waals surface area (Å²) in [7, 11) is 1.52. The van der Waals surface area contributed by atoms with Crippen molar-refractivity contribution in [3.8, 4) is 5.75 Å². The fourth-order valence-corrected chi connectivity index (χ4v) is 4.77. The zero-order valence-corrected chi connectivity index (χ0v) is 20.6. The van der Waals surface area contributed by atoms with Crippen LogP contribution < -0.4 is 26.4 Å². The van der Waals surface area contributed by atoms with E-state index in [1.165, 1.54) is 18.9 Å². The van der Waals surface area contributed by atoms with E-state index in [9.17, 15) is 4.79 Å². The van der Waals surface area contributed by atoms with Crippen molar-refractivity contribution in [3.63, 3.8) is 0 Å². The largest absolute Gasteiger partial charge is 0.496 e. The molecular weight excluding hydrogens is 472 g/mol. The lowest BCUT2D eigenvalue weighted by Crippen LogP contribution is -2.48. The molecule has 0 atom stereocenters. The molecule has 10 heteroatoms. The van der Waals surface area contributed by atoms with Crippen LogP contribution in [0.1, 0.15) is 30.1 Å². The van der Waals surface area contributed by atoms with Gasteiger partial charge >= 0.3 is 0 Å². The van der Waals surface area contributed by atoms with Crippen molar-refractivity contribution < 1.29 is 9.53 Å². The minimum atomic E-state index is -0.319. The molecule has 0 spiro atoms. The van der Waals surface area contributed by atoms with Crippen molar-refractivity contribution in [2.24, 2.45) is 5.73 Å². The Labute approximate surface area is 208 Å². The number of aromatic nitrogens is 2. The number of ether oxygens (including phenoxy) is 1. The predicted molar refractivity (Wildman–Crippen MR) is 137 cm³/mol. The SMILES string of the molecule is COc1ccccc1C(=O)Nc1cccc(Sc2ncc(N3CCC(C)(N)CC3)nc2N)c1Cl. The predicted octanol–water partition coefficient (Wildman–Crippen LogP) is 4.44. The van der Waals surface area contributed by atoms with Crippen LogP contribution in [0.2, 0.25) is 5.02 Å².